The van der Waals surface area contributed by atoms with Crippen molar-refractivity contribution in [3.8, 4) is 0 Å². The Morgan fingerprint density at radius 1 is 1.22 bits per heavy atom. The molecule has 1 aliphatic rings. The second kappa shape index (κ2) is 9.33. The fraction of sp³-hybridized carbons (Fsp3) is 0.467. The number of carbonyl (C=O) groups excluding carboxylic acids is 2. The van der Waals surface area contributed by atoms with Crippen LogP contribution in [0.15, 0.2) is 18.2 Å². The molecule has 0 radical (unpaired) electrons. The van der Waals surface area contributed by atoms with Crippen molar-refractivity contribution in [2.24, 2.45) is 11.7 Å². The molecule has 0 heterocycles. The summed E-state index contributed by atoms with van der Waals surface area (Å²) in [6.45, 7) is 0.494. The molecule has 8 heteroatoms. The molecule has 0 saturated heterocycles. The number of rotatable bonds is 5. The molecule has 128 valence electrons. The highest BCUT2D eigenvalue weighted by atomic mass is 35.5. The van der Waals surface area contributed by atoms with Gasteiger partial charge in [-0.3, -0.25) is 9.59 Å². The molecular formula is C15H20Cl3N3O2. The SMILES string of the molecule is Cl.NCC1CCCC1NC(=O)CNC(=O)c1ccc(Cl)c(Cl)c1. The third kappa shape index (κ3) is 5.53. The lowest BCUT2D eigenvalue weighted by molar-refractivity contribution is -0.121. The Morgan fingerprint density at radius 2 is 1.96 bits per heavy atom. The summed E-state index contributed by atoms with van der Waals surface area (Å²) in [5.41, 5.74) is 6.04. The molecule has 2 amide bonds. The van der Waals surface area contributed by atoms with Gasteiger partial charge in [0.2, 0.25) is 5.91 Å². The van der Waals surface area contributed by atoms with Gasteiger partial charge in [-0.1, -0.05) is 29.6 Å². The topological polar surface area (TPSA) is 84.2 Å². The number of benzene rings is 1. The van der Waals surface area contributed by atoms with Gasteiger partial charge in [0.1, 0.15) is 0 Å². The number of nitrogens with two attached hydrogens (primary N) is 1. The minimum Gasteiger partial charge on any atom is -0.352 e. The van der Waals surface area contributed by atoms with Crippen LogP contribution in [0.2, 0.25) is 10.0 Å². The summed E-state index contributed by atoms with van der Waals surface area (Å²) in [5, 5.41) is 6.18. The van der Waals surface area contributed by atoms with Crippen LogP contribution < -0.4 is 16.4 Å². The van der Waals surface area contributed by atoms with Crippen molar-refractivity contribution >= 4 is 47.4 Å². The minimum atomic E-state index is -0.365. The molecule has 0 bridgehead atoms. The number of carbonyl (C=O) groups is 2. The molecule has 1 fully saturated rings. The zero-order chi connectivity index (χ0) is 16.1. The Hall–Kier alpha value is -1.01. The maximum Gasteiger partial charge on any atom is 0.251 e. The minimum absolute atomic E-state index is 0. The van der Waals surface area contributed by atoms with Crippen molar-refractivity contribution < 1.29 is 9.59 Å². The summed E-state index contributed by atoms with van der Waals surface area (Å²) in [6, 6.07) is 4.68. The average molecular weight is 381 g/mol. The zero-order valence-corrected chi connectivity index (χ0v) is 14.8. The van der Waals surface area contributed by atoms with E-state index in [1.807, 2.05) is 0 Å². The Balaban J connectivity index is 0.00000264. The fourth-order valence-corrected chi connectivity index (χ4v) is 2.96. The standard InChI is InChI=1S/C15H19Cl2N3O2.ClH/c16-11-5-4-9(6-12(11)17)15(22)19-8-14(21)20-13-3-1-2-10(13)7-18;/h4-6,10,13H,1-3,7-8,18H2,(H,19,22)(H,20,21);1H. The molecule has 0 aliphatic heterocycles. The molecule has 23 heavy (non-hydrogen) atoms. The Morgan fingerprint density at radius 3 is 2.61 bits per heavy atom. The number of hydrogen-bond donors (Lipinski definition) is 3. The van der Waals surface area contributed by atoms with Gasteiger partial charge in [-0.15, -0.1) is 12.4 Å². The van der Waals surface area contributed by atoms with Gasteiger partial charge in [0.05, 0.1) is 16.6 Å². The number of nitrogens with one attached hydrogen (secondary N) is 2. The lowest BCUT2D eigenvalue weighted by Crippen LogP contribution is -2.44. The Kier molecular flexibility index (Phi) is 8.12. The maximum atomic E-state index is 12.0. The molecule has 1 aliphatic carbocycles. The second-order valence-corrected chi connectivity index (χ2v) is 6.23. The van der Waals surface area contributed by atoms with Crippen LogP contribution in [0, 0.1) is 5.92 Å². The average Bonchev–Trinajstić information content (AvgIpc) is 2.94. The number of halogens is 3. The van der Waals surface area contributed by atoms with E-state index in [1.165, 1.54) is 6.07 Å². The second-order valence-electron chi connectivity index (χ2n) is 5.41. The number of hydrogen-bond acceptors (Lipinski definition) is 3. The first-order valence-electron chi connectivity index (χ1n) is 7.24. The first kappa shape index (κ1) is 20.0. The molecule has 4 N–H and O–H groups in total. The molecule has 1 aromatic rings. The summed E-state index contributed by atoms with van der Waals surface area (Å²) in [4.78, 5) is 23.9. The summed E-state index contributed by atoms with van der Waals surface area (Å²) in [7, 11) is 0. The predicted octanol–water partition coefficient (Wildman–Crippen LogP) is 2.39. The van der Waals surface area contributed by atoms with Crippen LogP contribution in [0.1, 0.15) is 29.6 Å². The normalized spacial score (nSPS) is 19.8. The van der Waals surface area contributed by atoms with Gasteiger partial charge < -0.3 is 16.4 Å². The fourth-order valence-electron chi connectivity index (χ4n) is 2.67. The van der Waals surface area contributed by atoms with Crippen molar-refractivity contribution in [3.05, 3.63) is 33.8 Å². The van der Waals surface area contributed by atoms with E-state index < -0.39 is 0 Å². The summed E-state index contributed by atoms with van der Waals surface area (Å²) < 4.78 is 0. The number of amides is 2. The van der Waals surface area contributed by atoms with Gasteiger partial charge in [-0.2, -0.15) is 0 Å². The maximum absolute atomic E-state index is 12.0. The lowest BCUT2D eigenvalue weighted by atomic mass is 10.0. The van der Waals surface area contributed by atoms with Crippen molar-refractivity contribution in [3.63, 3.8) is 0 Å². The smallest absolute Gasteiger partial charge is 0.251 e. The van der Waals surface area contributed by atoms with Gasteiger partial charge in [-0.05, 0) is 43.5 Å². The third-order valence-electron chi connectivity index (χ3n) is 3.90. The van der Waals surface area contributed by atoms with Crippen molar-refractivity contribution in [1.82, 2.24) is 10.6 Å². The van der Waals surface area contributed by atoms with E-state index in [1.54, 1.807) is 12.1 Å². The quantitative estimate of drug-likeness (QED) is 0.733. The van der Waals surface area contributed by atoms with E-state index in [9.17, 15) is 9.59 Å². The molecule has 2 atom stereocenters. The van der Waals surface area contributed by atoms with E-state index in [4.69, 9.17) is 28.9 Å². The van der Waals surface area contributed by atoms with Gasteiger partial charge in [0.25, 0.3) is 5.91 Å². The first-order valence-corrected chi connectivity index (χ1v) is 7.99. The van der Waals surface area contributed by atoms with Crippen LogP contribution in [-0.4, -0.2) is 30.9 Å². The highest BCUT2D eigenvalue weighted by Gasteiger charge is 2.27. The molecule has 1 aromatic carbocycles. The van der Waals surface area contributed by atoms with E-state index in [2.05, 4.69) is 10.6 Å². The molecule has 2 rings (SSSR count). The third-order valence-corrected chi connectivity index (χ3v) is 4.64. The van der Waals surface area contributed by atoms with Gasteiger partial charge >= 0.3 is 0 Å². The van der Waals surface area contributed by atoms with Crippen molar-refractivity contribution in [2.45, 2.75) is 25.3 Å². The molecule has 0 spiro atoms. The predicted molar refractivity (Wildman–Crippen MR) is 94.4 cm³/mol. The van der Waals surface area contributed by atoms with Gasteiger partial charge in [-0.25, -0.2) is 0 Å². The monoisotopic (exact) mass is 379 g/mol. The van der Waals surface area contributed by atoms with Crippen LogP contribution in [0.25, 0.3) is 0 Å². The van der Waals surface area contributed by atoms with E-state index in [0.29, 0.717) is 28.1 Å². The van der Waals surface area contributed by atoms with Crippen LogP contribution in [0.3, 0.4) is 0 Å². The summed E-state index contributed by atoms with van der Waals surface area (Å²) in [5.74, 6) is -0.246. The molecular weight excluding hydrogens is 361 g/mol. The van der Waals surface area contributed by atoms with Gasteiger partial charge in [0.15, 0.2) is 0 Å². The Bertz CT molecular complexity index is 569. The van der Waals surface area contributed by atoms with Crippen molar-refractivity contribution in [1.29, 1.82) is 0 Å². The van der Waals surface area contributed by atoms with Crippen LogP contribution >= 0.6 is 35.6 Å². The molecule has 0 aromatic heterocycles. The molecule has 2 unspecified atom stereocenters. The lowest BCUT2D eigenvalue weighted by Gasteiger charge is -2.19. The zero-order valence-electron chi connectivity index (χ0n) is 12.5. The Labute approximate surface area is 151 Å². The van der Waals surface area contributed by atoms with Crippen LogP contribution in [0.5, 0.6) is 0 Å². The highest BCUT2D eigenvalue weighted by Crippen LogP contribution is 2.24. The van der Waals surface area contributed by atoms with E-state index in [0.717, 1.165) is 19.3 Å². The van der Waals surface area contributed by atoms with E-state index in [-0.39, 0.29) is 36.8 Å². The highest BCUT2D eigenvalue weighted by molar-refractivity contribution is 6.42. The molecule has 1 saturated carbocycles. The van der Waals surface area contributed by atoms with Crippen molar-refractivity contribution in [2.75, 3.05) is 13.1 Å². The largest absolute Gasteiger partial charge is 0.352 e. The van der Waals surface area contributed by atoms with Crippen LogP contribution in [0.4, 0.5) is 0 Å². The summed E-state index contributed by atoms with van der Waals surface area (Å²) >= 11 is 11.7. The van der Waals surface area contributed by atoms with Crippen LogP contribution in [-0.2, 0) is 4.79 Å². The first-order chi connectivity index (χ1) is 10.5. The van der Waals surface area contributed by atoms with E-state index >= 15 is 0 Å². The van der Waals surface area contributed by atoms with Gasteiger partial charge in [0, 0.05) is 11.6 Å². The molecule has 5 nitrogen and oxygen atoms in total. The summed E-state index contributed by atoms with van der Waals surface area (Å²) in [6.07, 6.45) is 3.05.